The van der Waals surface area contributed by atoms with E-state index in [4.69, 9.17) is 20.8 Å². The zero-order valence-corrected chi connectivity index (χ0v) is 11.6. The Morgan fingerprint density at radius 2 is 2.25 bits per heavy atom. The van der Waals surface area contributed by atoms with Gasteiger partial charge in [-0.15, -0.1) is 0 Å². The number of hydrogen-bond acceptors (Lipinski definition) is 5. The van der Waals surface area contributed by atoms with Crippen LogP contribution in [0.4, 0.5) is 0 Å². The fraction of sp³-hybridized carbons (Fsp3) is 0.500. The molecule has 2 rings (SSSR count). The van der Waals surface area contributed by atoms with Crippen molar-refractivity contribution in [1.29, 1.82) is 0 Å². The highest BCUT2D eigenvalue weighted by molar-refractivity contribution is 5.99. The molecule has 0 amide bonds. The summed E-state index contributed by atoms with van der Waals surface area (Å²) in [5, 5.41) is 21.0. The lowest BCUT2D eigenvalue weighted by Gasteiger charge is -2.21. The van der Waals surface area contributed by atoms with Gasteiger partial charge < -0.3 is 20.8 Å². The van der Waals surface area contributed by atoms with Crippen LogP contribution in [0.25, 0.3) is 0 Å². The molecule has 6 nitrogen and oxygen atoms in total. The standard InChI is InChI=1S/C14H21N3O3/c1-20-13-5-2-10(8-12(13)14(15)16-19)9-17(6-7-18)11-3-4-11/h2,5,8,11,18-19H,3-4,6-7,9H2,1H3,(H2,15,16). The lowest BCUT2D eigenvalue weighted by Crippen LogP contribution is -2.28. The van der Waals surface area contributed by atoms with Gasteiger partial charge in [-0.3, -0.25) is 4.90 Å². The molecule has 0 aliphatic heterocycles. The molecular weight excluding hydrogens is 258 g/mol. The molecule has 1 aromatic rings. The minimum Gasteiger partial charge on any atom is -0.496 e. The lowest BCUT2D eigenvalue weighted by atomic mass is 10.1. The van der Waals surface area contributed by atoms with Crippen molar-refractivity contribution < 1.29 is 15.1 Å². The zero-order chi connectivity index (χ0) is 14.5. The molecule has 0 spiro atoms. The number of hydrogen-bond donors (Lipinski definition) is 3. The van der Waals surface area contributed by atoms with Crippen LogP contribution in [0.2, 0.25) is 0 Å². The van der Waals surface area contributed by atoms with Crippen molar-refractivity contribution in [1.82, 2.24) is 4.90 Å². The molecule has 1 aliphatic rings. The van der Waals surface area contributed by atoms with Crippen LogP contribution in [0, 0.1) is 0 Å². The molecule has 1 saturated carbocycles. The van der Waals surface area contributed by atoms with E-state index in [1.165, 1.54) is 12.8 Å². The van der Waals surface area contributed by atoms with Crippen LogP contribution < -0.4 is 10.5 Å². The van der Waals surface area contributed by atoms with Crippen molar-refractivity contribution in [2.45, 2.75) is 25.4 Å². The number of benzene rings is 1. The number of methoxy groups -OCH3 is 1. The molecule has 0 atom stereocenters. The Labute approximate surface area is 118 Å². The average Bonchev–Trinajstić information content (AvgIpc) is 3.30. The number of aliphatic hydroxyl groups is 1. The Morgan fingerprint density at radius 1 is 1.50 bits per heavy atom. The molecule has 0 heterocycles. The summed E-state index contributed by atoms with van der Waals surface area (Å²) in [6, 6.07) is 6.20. The van der Waals surface area contributed by atoms with Crippen LogP contribution in [-0.4, -0.2) is 47.4 Å². The third-order valence-electron chi connectivity index (χ3n) is 3.48. The van der Waals surface area contributed by atoms with E-state index < -0.39 is 0 Å². The fourth-order valence-electron chi connectivity index (χ4n) is 2.30. The number of nitrogens with zero attached hydrogens (tertiary/aromatic N) is 2. The third-order valence-corrected chi connectivity index (χ3v) is 3.48. The molecule has 110 valence electrons. The van der Waals surface area contributed by atoms with Gasteiger partial charge in [0.15, 0.2) is 5.84 Å². The van der Waals surface area contributed by atoms with Gasteiger partial charge in [-0.2, -0.15) is 0 Å². The SMILES string of the molecule is COc1ccc(CN(CCO)C2CC2)cc1C(N)=NO. The molecule has 4 N–H and O–H groups in total. The van der Waals surface area contributed by atoms with Crippen molar-refractivity contribution in [2.24, 2.45) is 10.9 Å². The number of amidine groups is 1. The number of aliphatic hydroxyl groups excluding tert-OH is 1. The molecule has 0 saturated heterocycles. The van der Waals surface area contributed by atoms with Gasteiger partial charge in [0.1, 0.15) is 5.75 Å². The first-order valence-electron chi connectivity index (χ1n) is 6.69. The predicted molar refractivity (Wildman–Crippen MR) is 76.0 cm³/mol. The van der Waals surface area contributed by atoms with E-state index in [0.29, 0.717) is 23.9 Å². The van der Waals surface area contributed by atoms with Crippen LogP contribution >= 0.6 is 0 Å². The average molecular weight is 279 g/mol. The van der Waals surface area contributed by atoms with Crippen LogP contribution in [0.5, 0.6) is 5.75 Å². The second-order valence-corrected chi connectivity index (χ2v) is 4.95. The number of ether oxygens (including phenoxy) is 1. The van der Waals surface area contributed by atoms with Crippen LogP contribution in [0.15, 0.2) is 23.4 Å². The molecule has 20 heavy (non-hydrogen) atoms. The Bertz CT molecular complexity index is 487. The van der Waals surface area contributed by atoms with Gasteiger partial charge in [-0.05, 0) is 30.5 Å². The summed E-state index contributed by atoms with van der Waals surface area (Å²) in [5.41, 5.74) is 7.29. The van der Waals surface area contributed by atoms with E-state index in [1.807, 2.05) is 18.2 Å². The van der Waals surface area contributed by atoms with Gasteiger partial charge in [0.05, 0.1) is 19.3 Å². The highest BCUT2D eigenvalue weighted by Gasteiger charge is 2.28. The van der Waals surface area contributed by atoms with Gasteiger partial charge in [0.2, 0.25) is 0 Å². The first-order chi connectivity index (χ1) is 9.69. The molecule has 0 aromatic heterocycles. The van der Waals surface area contributed by atoms with Crippen molar-refractivity contribution >= 4 is 5.84 Å². The van der Waals surface area contributed by atoms with Crippen molar-refractivity contribution in [2.75, 3.05) is 20.3 Å². The highest BCUT2D eigenvalue weighted by atomic mass is 16.5. The number of rotatable bonds is 7. The van der Waals surface area contributed by atoms with E-state index >= 15 is 0 Å². The summed E-state index contributed by atoms with van der Waals surface area (Å²) >= 11 is 0. The Hall–Kier alpha value is -1.79. The second kappa shape index (κ2) is 6.58. The molecule has 1 aliphatic carbocycles. The van der Waals surface area contributed by atoms with Gasteiger partial charge in [0, 0.05) is 19.1 Å². The topological polar surface area (TPSA) is 91.3 Å². The maximum atomic E-state index is 9.12. The summed E-state index contributed by atoms with van der Waals surface area (Å²) in [5.74, 6) is 0.605. The van der Waals surface area contributed by atoms with E-state index in [2.05, 4.69) is 10.1 Å². The van der Waals surface area contributed by atoms with E-state index in [-0.39, 0.29) is 12.4 Å². The first-order valence-corrected chi connectivity index (χ1v) is 6.69. The number of nitrogens with two attached hydrogens (primary N) is 1. The van der Waals surface area contributed by atoms with Gasteiger partial charge in [0.25, 0.3) is 0 Å². The fourth-order valence-corrected chi connectivity index (χ4v) is 2.30. The highest BCUT2D eigenvalue weighted by Crippen LogP contribution is 2.29. The van der Waals surface area contributed by atoms with Crippen molar-refractivity contribution in [3.63, 3.8) is 0 Å². The van der Waals surface area contributed by atoms with Gasteiger partial charge in [-0.1, -0.05) is 11.2 Å². The molecule has 0 bridgehead atoms. The zero-order valence-electron chi connectivity index (χ0n) is 11.6. The molecule has 1 fully saturated rings. The Morgan fingerprint density at radius 3 is 2.80 bits per heavy atom. The quantitative estimate of drug-likeness (QED) is 0.296. The summed E-state index contributed by atoms with van der Waals surface area (Å²) in [6.07, 6.45) is 2.37. The molecular formula is C14H21N3O3. The molecule has 6 heteroatoms. The van der Waals surface area contributed by atoms with Crippen LogP contribution in [0.3, 0.4) is 0 Å². The van der Waals surface area contributed by atoms with E-state index in [1.54, 1.807) is 7.11 Å². The Kier molecular flexibility index (Phi) is 4.81. The first kappa shape index (κ1) is 14.6. The smallest absolute Gasteiger partial charge is 0.173 e. The van der Waals surface area contributed by atoms with Crippen molar-refractivity contribution in [3.8, 4) is 5.75 Å². The van der Waals surface area contributed by atoms with Crippen molar-refractivity contribution in [3.05, 3.63) is 29.3 Å². The minimum absolute atomic E-state index is 0.0313. The van der Waals surface area contributed by atoms with E-state index in [0.717, 1.165) is 12.1 Å². The van der Waals surface area contributed by atoms with Crippen LogP contribution in [-0.2, 0) is 6.54 Å². The molecule has 0 radical (unpaired) electrons. The summed E-state index contributed by atoms with van der Waals surface area (Å²) in [7, 11) is 1.55. The monoisotopic (exact) mass is 279 g/mol. The Balaban J connectivity index is 2.19. The minimum atomic E-state index is 0.0313. The van der Waals surface area contributed by atoms with Gasteiger partial charge in [-0.25, -0.2) is 0 Å². The third kappa shape index (κ3) is 3.40. The normalized spacial score (nSPS) is 15.7. The lowest BCUT2D eigenvalue weighted by molar-refractivity contribution is 0.183. The maximum absolute atomic E-state index is 9.12. The largest absolute Gasteiger partial charge is 0.496 e. The molecule has 1 aromatic carbocycles. The predicted octanol–water partition coefficient (Wildman–Crippen LogP) is 0.746. The molecule has 0 unspecified atom stereocenters. The summed E-state index contributed by atoms with van der Waals surface area (Å²) < 4.78 is 5.21. The summed E-state index contributed by atoms with van der Waals surface area (Å²) in [6.45, 7) is 1.55. The second-order valence-electron chi connectivity index (χ2n) is 4.95. The maximum Gasteiger partial charge on any atom is 0.173 e. The summed E-state index contributed by atoms with van der Waals surface area (Å²) in [4.78, 5) is 2.25. The number of oxime groups is 1. The van der Waals surface area contributed by atoms with Gasteiger partial charge >= 0.3 is 0 Å². The van der Waals surface area contributed by atoms with E-state index in [9.17, 15) is 0 Å². The van der Waals surface area contributed by atoms with Crippen LogP contribution in [0.1, 0.15) is 24.0 Å².